The molecule has 0 bridgehead atoms. The number of alkyl halides is 2. The Kier molecular flexibility index (Phi) is 5.72. The molecule has 0 aromatic heterocycles. The Morgan fingerprint density at radius 2 is 2.00 bits per heavy atom. The van der Waals surface area contributed by atoms with Crippen LogP contribution in [0.15, 0.2) is 0 Å². The van der Waals surface area contributed by atoms with Crippen LogP contribution in [-0.2, 0) is 0 Å². The van der Waals surface area contributed by atoms with Crippen LogP contribution in [0.5, 0.6) is 0 Å². The molecule has 1 nitrogen and oxygen atoms in total. The van der Waals surface area contributed by atoms with Crippen LogP contribution in [0.4, 0.5) is 0 Å². The molecule has 64 valence electrons. The zero-order valence-corrected chi connectivity index (χ0v) is 9.66. The topological polar surface area (TPSA) is 12.0 Å². The van der Waals surface area contributed by atoms with Gasteiger partial charge in [-0.25, -0.2) is 0 Å². The van der Waals surface area contributed by atoms with Crippen LogP contribution < -0.4 is 26.5 Å². The summed E-state index contributed by atoms with van der Waals surface area (Å²) >= 11 is 0.381. The third-order valence-corrected chi connectivity index (χ3v) is 4.79. The Balaban J connectivity index is 3.28. The van der Waals surface area contributed by atoms with Crippen molar-refractivity contribution in [1.82, 2.24) is 5.32 Å². The summed E-state index contributed by atoms with van der Waals surface area (Å²) in [5.41, 5.74) is 0. The SMILES string of the molecule is CCCNCC(C)(C)[I-]C. The second-order valence-corrected chi connectivity index (χ2v) is 7.08. The zero-order chi connectivity index (χ0) is 8.04. The van der Waals surface area contributed by atoms with Crippen molar-refractivity contribution in [2.75, 3.05) is 18.0 Å². The number of nitrogens with one attached hydrogen (secondary N) is 1. The first-order valence-electron chi connectivity index (χ1n) is 3.83. The molecule has 1 N–H and O–H groups in total. The van der Waals surface area contributed by atoms with Gasteiger partial charge in [0.25, 0.3) is 0 Å². The number of hydrogen-bond donors (Lipinski definition) is 1. The molecule has 0 saturated carbocycles. The molecule has 0 unspecified atom stereocenters. The van der Waals surface area contributed by atoms with Gasteiger partial charge in [-0.1, -0.05) is 0 Å². The van der Waals surface area contributed by atoms with Gasteiger partial charge in [-0.05, 0) is 0 Å². The van der Waals surface area contributed by atoms with E-state index in [1.807, 2.05) is 0 Å². The van der Waals surface area contributed by atoms with Crippen LogP contribution >= 0.6 is 0 Å². The summed E-state index contributed by atoms with van der Waals surface area (Å²) in [6, 6.07) is 0. The van der Waals surface area contributed by atoms with Crippen molar-refractivity contribution in [3.8, 4) is 0 Å². The molecule has 0 fully saturated rings. The quantitative estimate of drug-likeness (QED) is 0.358. The normalized spacial score (nSPS) is 12.4. The van der Waals surface area contributed by atoms with Gasteiger partial charge < -0.3 is 0 Å². The van der Waals surface area contributed by atoms with E-state index in [4.69, 9.17) is 0 Å². The number of hydrogen-bond acceptors (Lipinski definition) is 1. The molecule has 0 atom stereocenters. The van der Waals surface area contributed by atoms with E-state index in [1.54, 1.807) is 0 Å². The summed E-state index contributed by atoms with van der Waals surface area (Å²) in [5.74, 6) is 0. The van der Waals surface area contributed by atoms with Gasteiger partial charge in [0, 0.05) is 0 Å². The van der Waals surface area contributed by atoms with E-state index >= 15 is 0 Å². The van der Waals surface area contributed by atoms with Gasteiger partial charge in [0.05, 0.1) is 0 Å². The predicted octanol–water partition coefficient (Wildman–Crippen LogP) is -1.52. The van der Waals surface area contributed by atoms with Crippen molar-refractivity contribution < 1.29 is 21.2 Å². The summed E-state index contributed by atoms with van der Waals surface area (Å²) in [6.45, 7) is 9.28. The fraction of sp³-hybridized carbons (Fsp3) is 1.00. The van der Waals surface area contributed by atoms with Crippen molar-refractivity contribution in [3.05, 3.63) is 0 Å². The Morgan fingerprint density at radius 3 is 2.40 bits per heavy atom. The average molecular weight is 256 g/mol. The molecule has 0 rings (SSSR count). The van der Waals surface area contributed by atoms with Crippen LogP contribution in [0.1, 0.15) is 27.2 Å². The van der Waals surface area contributed by atoms with E-state index in [9.17, 15) is 0 Å². The number of rotatable bonds is 5. The molecule has 0 saturated heterocycles. The van der Waals surface area contributed by atoms with Crippen LogP contribution in [-0.4, -0.2) is 21.4 Å². The summed E-state index contributed by atoms with van der Waals surface area (Å²) in [5, 5.41) is 3.45. The van der Waals surface area contributed by atoms with Gasteiger partial charge in [0.15, 0.2) is 0 Å². The van der Waals surface area contributed by atoms with E-state index < -0.39 is 0 Å². The fourth-order valence-corrected chi connectivity index (χ4v) is 1.28. The van der Waals surface area contributed by atoms with Crippen molar-refractivity contribution in [2.45, 2.75) is 30.6 Å². The van der Waals surface area contributed by atoms with Crippen LogP contribution in [0.2, 0.25) is 0 Å². The maximum absolute atomic E-state index is 3.45. The molecule has 0 spiro atoms. The van der Waals surface area contributed by atoms with Gasteiger partial charge in [-0.2, -0.15) is 0 Å². The Labute approximate surface area is 75.2 Å². The fourth-order valence-electron chi connectivity index (χ4n) is 0.629. The summed E-state index contributed by atoms with van der Waals surface area (Å²) < 4.78 is 0.591. The van der Waals surface area contributed by atoms with Crippen molar-refractivity contribution in [3.63, 3.8) is 0 Å². The summed E-state index contributed by atoms with van der Waals surface area (Å²) in [6.07, 6.45) is 1.25. The van der Waals surface area contributed by atoms with Crippen molar-refractivity contribution >= 4 is 0 Å². The van der Waals surface area contributed by atoms with Gasteiger partial charge in [0.2, 0.25) is 0 Å². The van der Waals surface area contributed by atoms with Gasteiger partial charge in [-0.15, -0.1) is 0 Å². The maximum atomic E-state index is 3.45. The molecule has 10 heavy (non-hydrogen) atoms. The first-order chi connectivity index (χ1) is 4.62. The minimum atomic E-state index is 0.381. The number of halogens is 1. The van der Waals surface area contributed by atoms with E-state index in [0.29, 0.717) is 24.6 Å². The molecule has 0 amide bonds. The second-order valence-electron chi connectivity index (χ2n) is 3.08. The molecule has 0 radical (unpaired) electrons. The average Bonchev–Trinajstić information content (AvgIpc) is 1.89. The molecular weight excluding hydrogens is 237 g/mol. The molecule has 0 aromatic rings. The first-order valence-corrected chi connectivity index (χ1v) is 7.07. The molecule has 2 heteroatoms. The van der Waals surface area contributed by atoms with E-state index in [1.165, 1.54) is 19.5 Å². The van der Waals surface area contributed by atoms with Gasteiger partial charge in [0.1, 0.15) is 0 Å². The monoisotopic (exact) mass is 256 g/mol. The standard InChI is InChI=1S/C8H19IN/c1-5-6-10-7-8(2,3)9-4/h10H,5-7H2,1-4H3/q-1. The molecule has 0 aliphatic rings. The first kappa shape index (κ1) is 10.7. The van der Waals surface area contributed by atoms with E-state index in [0.717, 1.165) is 0 Å². The minimum absolute atomic E-state index is 0.381. The Morgan fingerprint density at radius 1 is 1.40 bits per heavy atom. The molecule has 0 aromatic carbocycles. The summed E-state index contributed by atoms with van der Waals surface area (Å²) in [4.78, 5) is 2.35. The molecule has 0 heterocycles. The molecular formula is C8H19IN-. The van der Waals surface area contributed by atoms with Crippen molar-refractivity contribution in [2.24, 2.45) is 0 Å². The summed E-state index contributed by atoms with van der Waals surface area (Å²) in [7, 11) is 0. The Hall–Kier alpha value is 0.690. The Bertz CT molecular complexity index is 81.3. The second kappa shape index (κ2) is 5.35. The third kappa shape index (κ3) is 5.47. The van der Waals surface area contributed by atoms with E-state index in [-0.39, 0.29) is 0 Å². The molecule has 0 aliphatic heterocycles. The molecule has 0 aliphatic carbocycles. The van der Waals surface area contributed by atoms with Crippen LogP contribution in [0, 0.1) is 0 Å². The van der Waals surface area contributed by atoms with Crippen LogP contribution in [0.3, 0.4) is 0 Å². The van der Waals surface area contributed by atoms with Gasteiger partial charge >= 0.3 is 75.2 Å². The zero-order valence-electron chi connectivity index (χ0n) is 7.50. The van der Waals surface area contributed by atoms with Crippen LogP contribution in [0.25, 0.3) is 0 Å². The third-order valence-electron chi connectivity index (χ3n) is 1.48. The van der Waals surface area contributed by atoms with Gasteiger partial charge in [-0.3, -0.25) is 0 Å². The van der Waals surface area contributed by atoms with Crippen molar-refractivity contribution in [1.29, 1.82) is 0 Å². The van der Waals surface area contributed by atoms with E-state index in [2.05, 4.69) is 31.0 Å². The predicted molar refractivity (Wildman–Crippen MR) is 43.2 cm³/mol.